The van der Waals surface area contributed by atoms with Crippen LogP contribution < -0.4 is 5.32 Å². The number of hydrogen-bond donors (Lipinski definition) is 1. The van der Waals surface area contributed by atoms with Crippen LogP contribution >= 0.6 is 0 Å². The molecular formula is C21H23F2NO3. The van der Waals surface area contributed by atoms with Crippen molar-refractivity contribution in [2.24, 2.45) is 0 Å². The molecule has 0 radical (unpaired) electrons. The molecule has 0 bridgehead atoms. The molecule has 0 saturated carbocycles. The summed E-state index contributed by atoms with van der Waals surface area (Å²) < 4.78 is 31.6. The first-order valence-electron chi connectivity index (χ1n) is 8.55. The summed E-state index contributed by atoms with van der Waals surface area (Å²) in [6, 6.07) is 9.32. The predicted molar refractivity (Wildman–Crippen MR) is 98.5 cm³/mol. The van der Waals surface area contributed by atoms with Gasteiger partial charge in [-0.1, -0.05) is 45.0 Å². The Morgan fingerprint density at radius 3 is 2.22 bits per heavy atom. The fourth-order valence-electron chi connectivity index (χ4n) is 2.62. The highest BCUT2D eigenvalue weighted by molar-refractivity contribution is 5.97. The molecule has 0 fully saturated rings. The summed E-state index contributed by atoms with van der Waals surface area (Å²) in [4.78, 5) is 24.4. The molecule has 1 amide bonds. The summed E-state index contributed by atoms with van der Waals surface area (Å²) in [5, 5.41) is 2.46. The van der Waals surface area contributed by atoms with Crippen LogP contribution in [0.5, 0.6) is 0 Å². The van der Waals surface area contributed by atoms with E-state index in [4.69, 9.17) is 4.74 Å². The number of hydrogen-bond acceptors (Lipinski definition) is 3. The summed E-state index contributed by atoms with van der Waals surface area (Å²) in [7, 11) is 1.21. The number of carbonyl (C=O) groups is 2. The quantitative estimate of drug-likeness (QED) is 0.810. The fourth-order valence-corrected chi connectivity index (χ4v) is 2.62. The molecule has 0 aliphatic rings. The highest BCUT2D eigenvalue weighted by Gasteiger charge is 2.24. The van der Waals surface area contributed by atoms with Gasteiger partial charge in [-0.25, -0.2) is 13.6 Å². The van der Waals surface area contributed by atoms with Gasteiger partial charge in [0.15, 0.2) is 0 Å². The highest BCUT2D eigenvalue weighted by atomic mass is 19.1. The van der Waals surface area contributed by atoms with E-state index in [0.717, 1.165) is 23.3 Å². The average molecular weight is 375 g/mol. The minimum atomic E-state index is -0.995. The first kappa shape index (κ1) is 20.6. The van der Waals surface area contributed by atoms with E-state index in [1.807, 2.05) is 24.3 Å². The van der Waals surface area contributed by atoms with Crippen LogP contribution in [0.25, 0.3) is 0 Å². The Morgan fingerprint density at radius 1 is 1.07 bits per heavy atom. The van der Waals surface area contributed by atoms with Gasteiger partial charge in [-0.05, 0) is 28.7 Å². The van der Waals surface area contributed by atoms with Gasteiger partial charge < -0.3 is 10.1 Å². The zero-order valence-corrected chi connectivity index (χ0v) is 15.8. The van der Waals surface area contributed by atoms with Gasteiger partial charge >= 0.3 is 5.97 Å². The molecule has 0 aliphatic heterocycles. The van der Waals surface area contributed by atoms with Crippen molar-refractivity contribution >= 4 is 11.9 Å². The maximum Gasteiger partial charge on any atom is 0.328 e. The van der Waals surface area contributed by atoms with Crippen LogP contribution in [-0.2, 0) is 21.4 Å². The Bertz CT molecular complexity index is 826. The van der Waals surface area contributed by atoms with E-state index in [9.17, 15) is 18.4 Å². The summed E-state index contributed by atoms with van der Waals surface area (Å²) in [5.41, 5.74) is 1.61. The third-order valence-electron chi connectivity index (χ3n) is 4.23. The lowest BCUT2D eigenvalue weighted by molar-refractivity contribution is -0.142. The molecule has 0 unspecified atom stereocenters. The SMILES string of the molecule is COC(=O)[C@H](Cc1ccc(C(C)(C)C)cc1)NC(=O)c1ccc(F)cc1F. The Balaban J connectivity index is 2.18. The number of esters is 1. The molecule has 4 nitrogen and oxygen atoms in total. The molecule has 0 saturated heterocycles. The first-order valence-corrected chi connectivity index (χ1v) is 8.55. The van der Waals surface area contributed by atoms with Crippen molar-refractivity contribution < 1.29 is 23.1 Å². The maximum absolute atomic E-state index is 13.8. The van der Waals surface area contributed by atoms with E-state index in [0.29, 0.717) is 6.07 Å². The number of halogens is 2. The third-order valence-corrected chi connectivity index (χ3v) is 4.23. The van der Waals surface area contributed by atoms with Crippen LogP contribution in [0.2, 0.25) is 0 Å². The lowest BCUT2D eigenvalue weighted by Crippen LogP contribution is -2.43. The van der Waals surface area contributed by atoms with Crippen molar-refractivity contribution in [3.05, 3.63) is 70.8 Å². The topological polar surface area (TPSA) is 55.4 Å². The molecule has 144 valence electrons. The lowest BCUT2D eigenvalue weighted by atomic mass is 9.86. The van der Waals surface area contributed by atoms with Gasteiger partial charge in [-0.15, -0.1) is 0 Å². The van der Waals surface area contributed by atoms with Crippen LogP contribution in [0.15, 0.2) is 42.5 Å². The zero-order valence-electron chi connectivity index (χ0n) is 15.8. The molecule has 2 aromatic rings. The average Bonchev–Trinajstić information content (AvgIpc) is 2.60. The van der Waals surface area contributed by atoms with Crippen molar-refractivity contribution in [1.82, 2.24) is 5.32 Å². The van der Waals surface area contributed by atoms with Gasteiger partial charge in [-0.3, -0.25) is 4.79 Å². The Hall–Kier alpha value is -2.76. The van der Waals surface area contributed by atoms with Gasteiger partial charge in [-0.2, -0.15) is 0 Å². The molecule has 0 spiro atoms. The molecule has 0 aromatic heterocycles. The smallest absolute Gasteiger partial charge is 0.328 e. The Labute approximate surface area is 157 Å². The van der Waals surface area contributed by atoms with Gasteiger partial charge in [0.05, 0.1) is 12.7 Å². The minimum Gasteiger partial charge on any atom is -0.467 e. The fraction of sp³-hybridized carbons (Fsp3) is 0.333. The van der Waals surface area contributed by atoms with E-state index in [1.54, 1.807) is 0 Å². The Kier molecular flexibility index (Phi) is 6.31. The van der Waals surface area contributed by atoms with Gasteiger partial charge in [0.1, 0.15) is 17.7 Å². The molecular weight excluding hydrogens is 352 g/mol. The maximum atomic E-state index is 13.8. The summed E-state index contributed by atoms with van der Waals surface area (Å²) >= 11 is 0. The van der Waals surface area contributed by atoms with E-state index in [2.05, 4.69) is 26.1 Å². The highest BCUT2D eigenvalue weighted by Crippen LogP contribution is 2.22. The standard InChI is InChI=1S/C21H23F2NO3/c1-21(2,3)14-7-5-13(6-8-14)11-18(20(26)27-4)24-19(25)16-10-9-15(22)12-17(16)23/h5-10,12,18H,11H2,1-4H3,(H,24,25)/t18-/m0/s1. The van der Waals surface area contributed by atoms with E-state index in [-0.39, 0.29) is 17.4 Å². The Morgan fingerprint density at radius 2 is 1.70 bits per heavy atom. The number of nitrogens with one attached hydrogen (secondary N) is 1. The second kappa shape index (κ2) is 8.29. The largest absolute Gasteiger partial charge is 0.467 e. The molecule has 1 atom stereocenters. The number of methoxy groups -OCH3 is 1. The van der Waals surface area contributed by atoms with Crippen molar-refractivity contribution in [3.8, 4) is 0 Å². The van der Waals surface area contributed by atoms with Gasteiger partial charge in [0, 0.05) is 12.5 Å². The molecule has 27 heavy (non-hydrogen) atoms. The van der Waals surface area contributed by atoms with Gasteiger partial charge in [0.25, 0.3) is 5.91 Å². The minimum absolute atomic E-state index is 0.00535. The normalized spacial score (nSPS) is 12.4. The predicted octanol–water partition coefficient (Wildman–Crippen LogP) is 3.78. The van der Waals surface area contributed by atoms with Crippen LogP contribution in [-0.4, -0.2) is 25.0 Å². The zero-order chi connectivity index (χ0) is 20.2. The number of rotatable bonds is 5. The molecule has 2 rings (SSSR count). The van der Waals surface area contributed by atoms with Crippen LogP contribution in [0.4, 0.5) is 8.78 Å². The number of carbonyl (C=O) groups excluding carboxylic acids is 2. The summed E-state index contributed by atoms with van der Waals surface area (Å²) in [5.74, 6) is -3.24. The van der Waals surface area contributed by atoms with E-state index < -0.39 is 29.6 Å². The summed E-state index contributed by atoms with van der Waals surface area (Å²) in [6.45, 7) is 6.28. The van der Waals surface area contributed by atoms with Crippen LogP contribution in [0.3, 0.4) is 0 Å². The molecule has 1 N–H and O–H groups in total. The summed E-state index contributed by atoms with van der Waals surface area (Å²) in [6.07, 6.45) is 0.186. The van der Waals surface area contributed by atoms with Crippen LogP contribution in [0.1, 0.15) is 42.3 Å². The monoisotopic (exact) mass is 375 g/mol. The van der Waals surface area contributed by atoms with E-state index in [1.165, 1.54) is 7.11 Å². The molecule has 0 aliphatic carbocycles. The third kappa shape index (κ3) is 5.36. The van der Waals surface area contributed by atoms with Crippen molar-refractivity contribution in [1.29, 1.82) is 0 Å². The van der Waals surface area contributed by atoms with Crippen molar-refractivity contribution in [2.45, 2.75) is 38.6 Å². The van der Waals surface area contributed by atoms with Crippen molar-refractivity contribution in [2.75, 3.05) is 7.11 Å². The first-order chi connectivity index (χ1) is 12.6. The second-order valence-electron chi connectivity index (χ2n) is 7.32. The second-order valence-corrected chi connectivity index (χ2v) is 7.32. The van der Waals surface area contributed by atoms with Crippen LogP contribution in [0, 0.1) is 11.6 Å². The van der Waals surface area contributed by atoms with Crippen molar-refractivity contribution in [3.63, 3.8) is 0 Å². The lowest BCUT2D eigenvalue weighted by Gasteiger charge is -2.20. The molecule has 2 aromatic carbocycles. The molecule has 6 heteroatoms. The number of benzene rings is 2. The number of amides is 1. The number of ether oxygens (including phenoxy) is 1. The van der Waals surface area contributed by atoms with Gasteiger partial charge in [0.2, 0.25) is 0 Å². The van der Waals surface area contributed by atoms with E-state index >= 15 is 0 Å². The molecule has 0 heterocycles.